The Bertz CT molecular complexity index is 872. The highest BCUT2D eigenvalue weighted by Gasteiger charge is 2.29. The first kappa shape index (κ1) is 19.0. The Morgan fingerprint density at radius 3 is 2.68 bits per heavy atom. The van der Waals surface area contributed by atoms with Crippen molar-refractivity contribution in [3.8, 4) is 0 Å². The number of β-amino-alcohol motifs (C(OH)–C–C–N with tert-alkyl or cyclic N) is 1. The number of nitrogens with zero attached hydrogens (tertiary/aromatic N) is 3. The number of aromatic nitrogens is 2. The SMILES string of the molecule is Cc1ccc(SC2CCN(C(=O)c3cc4n(n3)CC(O)CNC4=O)CC2)cc1. The molecule has 0 bridgehead atoms. The number of aliphatic hydroxyl groups excluding tert-OH is 1. The van der Waals surface area contributed by atoms with Crippen molar-refractivity contribution in [2.45, 2.75) is 42.6 Å². The molecule has 1 fully saturated rings. The van der Waals surface area contributed by atoms with Crippen LogP contribution in [0.1, 0.15) is 39.4 Å². The van der Waals surface area contributed by atoms with Crippen molar-refractivity contribution in [3.05, 3.63) is 47.3 Å². The Balaban J connectivity index is 1.38. The third-order valence-corrected chi connectivity index (χ3v) is 6.52. The van der Waals surface area contributed by atoms with Gasteiger partial charge in [0.15, 0.2) is 5.69 Å². The number of rotatable bonds is 3. The number of likely N-dealkylation sites (tertiary alicyclic amines) is 1. The number of aliphatic hydroxyl groups is 1. The van der Waals surface area contributed by atoms with Gasteiger partial charge in [-0.2, -0.15) is 5.10 Å². The van der Waals surface area contributed by atoms with Gasteiger partial charge < -0.3 is 15.3 Å². The predicted octanol–water partition coefficient (Wildman–Crippen LogP) is 1.69. The molecule has 1 aromatic carbocycles. The number of benzene rings is 1. The Labute approximate surface area is 168 Å². The maximum absolute atomic E-state index is 12.8. The second kappa shape index (κ2) is 7.97. The standard InChI is InChI=1S/C20H24N4O3S/c1-13-2-4-15(5-3-13)28-16-6-8-23(9-7-16)20(27)17-10-18-19(26)21-11-14(25)12-24(18)22-17/h2-5,10,14,16,25H,6-9,11-12H2,1H3,(H,21,26). The molecule has 0 aliphatic carbocycles. The maximum atomic E-state index is 12.8. The second-order valence-electron chi connectivity index (χ2n) is 7.38. The van der Waals surface area contributed by atoms with Crippen LogP contribution in [0.4, 0.5) is 0 Å². The minimum atomic E-state index is -0.706. The van der Waals surface area contributed by atoms with Crippen LogP contribution in [0.2, 0.25) is 0 Å². The van der Waals surface area contributed by atoms with Crippen molar-refractivity contribution in [1.82, 2.24) is 20.0 Å². The van der Waals surface area contributed by atoms with Crippen LogP contribution in [0.3, 0.4) is 0 Å². The molecule has 0 spiro atoms. The van der Waals surface area contributed by atoms with Crippen molar-refractivity contribution in [2.75, 3.05) is 19.6 Å². The monoisotopic (exact) mass is 400 g/mol. The van der Waals surface area contributed by atoms with Gasteiger partial charge >= 0.3 is 0 Å². The number of nitrogens with one attached hydrogen (secondary N) is 1. The number of carbonyl (C=O) groups excluding carboxylic acids is 2. The van der Waals surface area contributed by atoms with E-state index in [-0.39, 0.29) is 30.6 Å². The molecule has 0 radical (unpaired) electrons. The lowest BCUT2D eigenvalue weighted by Gasteiger charge is -2.31. The lowest BCUT2D eigenvalue weighted by atomic mass is 10.1. The van der Waals surface area contributed by atoms with Crippen molar-refractivity contribution in [2.24, 2.45) is 0 Å². The molecule has 2 aliphatic heterocycles. The van der Waals surface area contributed by atoms with Crippen molar-refractivity contribution < 1.29 is 14.7 Å². The largest absolute Gasteiger partial charge is 0.389 e. The van der Waals surface area contributed by atoms with Gasteiger partial charge in [-0.25, -0.2) is 0 Å². The summed E-state index contributed by atoms with van der Waals surface area (Å²) in [5, 5.41) is 17.3. The van der Waals surface area contributed by atoms with Crippen molar-refractivity contribution in [1.29, 1.82) is 0 Å². The molecule has 4 rings (SSSR count). The van der Waals surface area contributed by atoms with Gasteiger partial charge in [-0.05, 0) is 31.9 Å². The van der Waals surface area contributed by atoms with Gasteiger partial charge in [-0.1, -0.05) is 17.7 Å². The number of amides is 2. The number of thioether (sulfide) groups is 1. The molecule has 8 heteroatoms. The molecule has 3 heterocycles. The van der Waals surface area contributed by atoms with Crippen LogP contribution in [0.15, 0.2) is 35.2 Å². The Morgan fingerprint density at radius 1 is 1.25 bits per heavy atom. The molecule has 0 saturated carbocycles. The van der Waals surface area contributed by atoms with E-state index in [4.69, 9.17) is 0 Å². The number of carbonyl (C=O) groups is 2. The summed E-state index contributed by atoms with van der Waals surface area (Å²) in [4.78, 5) is 28.0. The fraction of sp³-hybridized carbons (Fsp3) is 0.450. The third-order valence-electron chi connectivity index (χ3n) is 5.17. The highest BCUT2D eigenvalue weighted by Crippen LogP contribution is 2.31. The average molecular weight is 401 g/mol. The molecular weight excluding hydrogens is 376 g/mol. The Morgan fingerprint density at radius 2 is 1.96 bits per heavy atom. The third kappa shape index (κ3) is 4.07. The van der Waals surface area contributed by atoms with Gasteiger partial charge in [-0.15, -0.1) is 11.8 Å². The number of hydrogen-bond acceptors (Lipinski definition) is 5. The van der Waals surface area contributed by atoms with Crippen LogP contribution in [-0.2, 0) is 6.54 Å². The molecule has 1 atom stereocenters. The summed E-state index contributed by atoms with van der Waals surface area (Å²) in [6.07, 6.45) is 1.15. The first-order valence-corrected chi connectivity index (χ1v) is 10.4. The minimum absolute atomic E-state index is 0.151. The van der Waals surface area contributed by atoms with Crippen LogP contribution >= 0.6 is 11.8 Å². The van der Waals surface area contributed by atoms with E-state index >= 15 is 0 Å². The van der Waals surface area contributed by atoms with Crippen molar-refractivity contribution in [3.63, 3.8) is 0 Å². The van der Waals surface area contributed by atoms with Gasteiger partial charge in [0.1, 0.15) is 5.69 Å². The lowest BCUT2D eigenvalue weighted by molar-refractivity contribution is 0.0719. The Hall–Kier alpha value is -2.32. The molecule has 2 amide bonds. The van der Waals surface area contributed by atoms with E-state index in [1.807, 2.05) is 16.7 Å². The van der Waals surface area contributed by atoms with Gasteiger partial charge in [0.25, 0.3) is 11.8 Å². The van der Waals surface area contributed by atoms with Gasteiger partial charge in [0, 0.05) is 35.8 Å². The normalized spacial score (nSPS) is 20.4. The summed E-state index contributed by atoms with van der Waals surface area (Å²) in [6.45, 7) is 3.84. The molecule has 7 nitrogen and oxygen atoms in total. The zero-order chi connectivity index (χ0) is 19.7. The first-order chi connectivity index (χ1) is 13.5. The molecule has 1 saturated heterocycles. The zero-order valence-electron chi connectivity index (χ0n) is 15.8. The number of hydrogen-bond donors (Lipinski definition) is 2. The van der Waals surface area contributed by atoms with E-state index in [1.54, 1.807) is 0 Å². The second-order valence-corrected chi connectivity index (χ2v) is 8.76. The van der Waals surface area contributed by atoms with E-state index in [1.165, 1.54) is 21.2 Å². The van der Waals surface area contributed by atoms with Crippen LogP contribution in [0.25, 0.3) is 0 Å². The molecule has 28 heavy (non-hydrogen) atoms. The summed E-state index contributed by atoms with van der Waals surface area (Å²) in [6, 6.07) is 10.1. The molecule has 2 aliphatic rings. The predicted molar refractivity (Wildman–Crippen MR) is 107 cm³/mol. The maximum Gasteiger partial charge on any atom is 0.274 e. The van der Waals surface area contributed by atoms with Crippen LogP contribution in [-0.4, -0.2) is 62.6 Å². The summed E-state index contributed by atoms with van der Waals surface area (Å²) in [7, 11) is 0. The van der Waals surface area contributed by atoms with Crippen molar-refractivity contribution >= 4 is 23.6 Å². The van der Waals surface area contributed by atoms with E-state index in [2.05, 4.69) is 41.6 Å². The fourth-order valence-electron chi connectivity index (χ4n) is 3.56. The molecule has 148 valence electrons. The van der Waals surface area contributed by atoms with Crippen LogP contribution in [0, 0.1) is 6.92 Å². The van der Waals surface area contributed by atoms with E-state index in [0.717, 1.165) is 12.8 Å². The minimum Gasteiger partial charge on any atom is -0.389 e. The Kier molecular flexibility index (Phi) is 5.41. The molecular formula is C20H24N4O3S. The highest BCUT2D eigenvalue weighted by atomic mass is 32.2. The number of piperidine rings is 1. The van der Waals surface area contributed by atoms with Crippen LogP contribution < -0.4 is 5.32 Å². The van der Waals surface area contributed by atoms with Gasteiger partial charge in [-0.3, -0.25) is 14.3 Å². The first-order valence-electron chi connectivity index (χ1n) is 9.56. The van der Waals surface area contributed by atoms with E-state index in [0.29, 0.717) is 24.0 Å². The highest BCUT2D eigenvalue weighted by molar-refractivity contribution is 8.00. The number of fused-ring (bicyclic) bond motifs is 1. The molecule has 2 aromatic rings. The van der Waals surface area contributed by atoms with Gasteiger partial charge in [0.2, 0.25) is 0 Å². The smallest absolute Gasteiger partial charge is 0.274 e. The van der Waals surface area contributed by atoms with Gasteiger partial charge in [0.05, 0.1) is 12.6 Å². The summed E-state index contributed by atoms with van der Waals surface area (Å²) in [5.74, 6) is -0.460. The quantitative estimate of drug-likeness (QED) is 0.819. The van der Waals surface area contributed by atoms with E-state index in [9.17, 15) is 14.7 Å². The summed E-state index contributed by atoms with van der Waals surface area (Å²) in [5.41, 5.74) is 1.85. The molecule has 2 N–H and O–H groups in total. The summed E-state index contributed by atoms with van der Waals surface area (Å²) < 4.78 is 1.43. The van der Waals surface area contributed by atoms with E-state index < -0.39 is 6.10 Å². The molecule has 1 aromatic heterocycles. The molecule has 1 unspecified atom stereocenters. The zero-order valence-corrected chi connectivity index (χ0v) is 16.6. The lowest BCUT2D eigenvalue weighted by Crippen LogP contribution is -2.39. The average Bonchev–Trinajstić information content (AvgIpc) is 3.06. The number of aryl methyl sites for hydroxylation is 1. The fourth-order valence-corrected chi connectivity index (χ4v) is 4.68. The van der Waals surface area contributed by atoms with Crippen LogP contribution in [0.5, 0.6) is 0 Å². The summed E-state index contributed by atoms with van der Waals surface area (Å²) >= 11 is 1.87. The topological polar surface area (TPSA) is 87.5 Å².